The van der Waals surface area contributed by atoms with Gasteiger partial charge in [-0.25, -0.2) is 4.98 Å². The van der Waals surface area contributed by atoms with Crippen molar-refractivity contribution in [2.24, 2.45) is 0 Å². The molecule has 1 N–H and O–H groups in total. The van der Waals surface area contributed by atoms with Crippen LogP contribution in [0.4, 0.5) is 5.82 Å². The summed E-state index contributed by atoms with van der Waals surface area (Å²) in [7, 11) is 0. The largest absolute Gasteiger partial charge is 0.306 e. The average Bonchev–Trinajstić information content (AvgIpc) is 2.98. The van der Waals surface area contributed by atoms with Crippen LogP contribution in [-0.4, -0.2) is 25.3 Å². The van der Waals surface area contributed by atoms with Crippen molar-refractivity contribution in [1.29, 1.82) is 0 Å². The molecule has 3 heterocycles. The Morgan fingerprint density at radius 1 is 1.08 bits per heavy atom. The van der Waals surface area contributed by atoms with Crippen LogP contribution in [-0.2, 0) is 0 Å². The number of anilines is 1. The number of fused-ring (bicyclic) bond motifs is 1. The second-order valence-corrected chi connectivity index (χ2v) is 5.60. The van der Waals surface area contributed by atoms with Gasteiger partial charge in [-0.3, -0.25) is 19.2 Å². The van der Waals surface area contributed by atoms with Crippen LogP contribution in [0.5, 0.6) is 0 Å². The predicted molar refractivity (Wildman–Crippen MR) is 95.4 cm³/mol. The van der Waals surface area contributed by atoms with Gasteiger partial charge >= 0.3 is 0 Å². The molecule has 6 heteroatoms. The summed E-state index contributed by atoms with van der Waals surface area (Å²) in [6, 6.07) is 12.9. The fourth-order valence-corrected chi connectivity index (χ4v) is 2.66. The monoisotopic (exact) mass is 329 g/mol. The van der Waals surface area contributed by atoms with E-state index < -0.39 is 0 Å². The van der Waals surface area contributed by atoms with E-state index >= 15 is 0 Å². The zero-order chi connectivity index (χ0) is 17.2. The lowest BCUT2D eigenvalue weighted by atomic mass is 10.2. The van der Waals surface area contributed by atoms with Crippen LogP contribution in [0.3, 0.4) is 0 Å². The number of carbonyl (C=O) groups is 1. The molecule has 0 aliphatic carbocycles. The first kappa shape index (κ1) is 15.0. The van der Waals surface area contributed by atoms with Crippen molar-refractivity contribution in [1.82, 2.24) is 19.4 Å². The highest BCUT2D eigenvalue weighted by Crippen LogP contribution is 2.22. The molecule has 6 nitrogen and oxygen atoms in total. The van der Waals surface area contributed by atoms with E-state index in [0.29, 0.717) is 17.0 Å². The second kappa shape index (κ2) is 6.16. The van der Waals surface area contributed by atoms with Crippen LogP contribution in [0.15, 0.2) is 67.3 Å². The Kier molecular flexibility index (Phi) is 3.70. The van der Waals surface area contributed by atoms with E-state index in [4.69, 9.17) is 0 Å². The van der Waals surface area contributed by atoms with E-state index in [1.807, 2.05) is 47.9 Å². The highest BCUT2D eigenvalue weighted by atomic mass is 16.1. The van der Waals surface area contributed by atoms with Crippen LogP contribution in [0.25, 0.3) is 16.9 Å². The number of nitrogens with one attached hydrogen (secondary N) is 1. The third-order valence-corrected chi connectivity index (χ3v) is 3.93. The van der Waals surface area contributed by atoms with E-state index in [1.54, 1.807) is 30.7 Å². The lowest BCUT2D eigenvalue weighted by molar-refractivity contribution is 0.102. The number of aromatic nitrogens is 4. The number of rotatable bonds is 3. The van der Waals surface area contributed by atoms with Gasteiger partial charge in [0.05, 0.1) is 17.6 Å². The molecule has 4 rings (SSSR count). The zero-order valence-electron chi connectivity index (χ0n) is 13.5. The summed E-state index contributed by atoms with van der Waals surface area (Å²) in [6.07, 6.45) is 7.00. The molecule has 1 amide bonds. The number of aryl methyl sites for hydroxylation is 1. The molecule has 0 radical (unpaired) electrons. The fraction of sp³-hybridized carbons (Fsp3) is 0.0526. The van der Waals surface area contributed by atoms with E-state index in [9.17, 15) is 4.79 Å². The molecule has 0 aliphatic heterocycles. The minimum Gasteiger partial charge on any atom is -0.306 e. The van der Waals surface area contributed by atoms with Crippen molar-refractivity contribution in [3.05, 3.63) is 78.5 Å². The van der Waals surface area contributed by atoms with Crippen molar-refractivity contribution in [3.63, 3.8) is 0 Å². The standard InChI is InChI=1S/C19H15N5O/c1-13-18(23-19(25)15-5-3-2-4-6-15)24-12-16(21-11-17(24)22-13)14-7-9-20-10-8-14/h2-12H,1H3,(H,23,25). The second-order valence-electron chi connectivity index (χ2n) is 5.60. The maximum atomic E-state index is 12.5. The molecule has 1 aromatic carbocycles. The molecule has 0 bridgehead atoms. The first-order chi connectivity index (χ1) is 12.2. The Morgan fingerprint density at radius 2 is 1.84 bits per heavy atom. The predicted octanol–water partition coefficient (Wildman–Crippen LogP) is 3.35. The number of hydrogen-bond acceptors (Lipinski definition) is 4. The van der Waals surface area contributed by atoms with Crippen molar-refractivity contribution < 1.29 is 4.79 Å². The van der Waals surface area contributed by atoms with Gasteiger partial charge in [-0.05, 0) is 31.2 Å². The number of carbonyl (C=O) groups excluding carboxylic acids is 1. The van der Waals surface area contributed by atoms with Crippen LogP contribution >= 0.6 is 0 Å². The molecule has 25 heavy (non-hydrogen) atoms. The number of hydrogen-bond donors (Lipinski definition) is 1. The van der Waals surface area contributed by atoms with Crippen LogP contribution in [0, 0.1) is 6.92 Å². The number of amides is 1. The Balaban J connectivity index is 1.76. The topological polar surface area (TPSA) is 72.2 Å². The molecule has 122 valence electrons. The molecule has 3 aromatic heterocycles. The van der Waals surface area contributed by atoms with Crippen molar-refractivity contribution in [2.75, 3.05) is 5.32 Å². The van der Waals surface area contributed by atoms with Gasteiger partial charge in [0.15, 0.2) is 5.65 Å². The number of pyridine rings is 1. The van der Waals surface area contributed by atoms with Gasteiger partial charge in [0, 0.05) is 29.7 Å². The molecule has 0 fully saturated rings. The Morgan fingerprint density at radius 3 is 2.60 bits per heavy atom. The molecule has 0 unspecified atom stereocenters. The number of imidazole rings is 1. The quantitative estimate of drug-likeness (QED) is 0.625. The Labute approximate surface area is 144 Å². The van der Waals surface area contributed by atoms with Gasteiger partial charge in [-0.1, -0.05) is 18.2 Å². The third-order valence-electron chi connectivity index (χ3n) is 3.93. The normalized spacial score (nSPS) is 10.8. The van der Waals surface area contributed by atoms with Crippen LogP contribution < -0.4 is 5.32 Å². The van der Waals surface area contributed by atoms with Gasteiger partial charge < -0.3 is 5.32 Å². The summed E-state index contributed by atoms with van der Waals surface area (Å²) in [4.78, 5) is 25.4. The van der Waals surface area contributed by atoms with Crippen LogP contribution in [0.1, 0.15) is 16.1 Å². The summed E-state index contributed by atoms with van der Waals surface area (Å²) in [5.74, 6) is 0.467. The lowest BCUT2D eigenvalue weighted by Crippen LogP contribution is -2.14. The third kappa shape index (κ3) is 2.85. The minimum absolute atomic E-state index is 0.173. The maximum absolute atomic E-state index is 12.5. The van der Waals surface area contributed by atoms with Gasteiger partial charge in [0.2, 0.25) is 0 Å². The maximum Gasteiger partial charge on any atom is 0.256 e. The van der Waals surface area contributed by atoms with Crippen molar-refractivity contribution >= 4 is 17.4 Å². The molecule has 0 spiro atoms. The fourth-order valence-electron chi connectivity index (χ4n) is 2.66. The highest BCUT2D eigenvalue weighted by Gasteiger charge is 2.14. The minimum atomic E-state index is -0.173. The molecular formula is C19H15N5O. The van der Waals surface area contributed by atoms with Crippen molar-refractivity contribution in [2.45, 2.75) is 6.92 Å². The summed E-state index contributed by atoms with van der Waals surface area (Å²) in [6.45, 7) is 1.86. The first-order valence-corrected chi connectivity index (χ1v) is 7.84. The van der Waals surface area contributed by atoms with Gasteiger partial charge in [-0.15, -0.1) is 0 Å². The molecule has 0 saturated carbocycles. The van der Waals surface area contributed by atoms with Gasteiger partial charge in [0.1, 0.15) is 5.82 Å². The first-order valence-electron chi connectivity index (χ1n) is 7.84. The van der Waals surface area contributed by atoms with E-state index in [0.717, 1.165) is 17.0 Å². The Hall–Kier alpha value is -3.54. The molecular weight excluding hydrogens is 314 g/mol. The molecule has 0 atom stereocenters. The van der Waals surface area contributed by atoms with E-state index in [1.165, 1.54) is 0 Å². The zero-order valence-corrected chi connectivity index (χ0v) is 13.5. The Bertz CT molecular complexity index is 1040. The summed E-state index contributed by atoms with van der Waals surface area (Å²) in [5, 5.41) is 2.95. The summed E-state index contributed by atoms with van der Waals surface area (Å²) < 4.78 is 1.85. The lowest BCUT2D eigenvalue weighted by Gasteiger charge is -2.07. The number of benzene rings is 1. The number of nitrogens with zero attached hydrogens (tertiary/aromatic N) is 4. The molecule has 0 saturated heterocycles. The van der Waals surface area contributed by atoms with Gasteiger partial charge in [-0.2, -0.15) is 0 Å². The van der Waals surface area contributed by atoms with E-state index in [-0.39, 0.29) is 5.91 Å². The molecule has 4 aromatic rings. The summed E-state index contributed by atoms with van der Waals surface area (Å²) in [5.41, 5.74) is 3.74. The van der Waals surface area contributed by atoms with E-state index in [2.05, 4.69) is 20.3 Å². The highest BCUT2D eigenvalue weighted by molar-refractivity contribution is 6.04. The van der Waals surface area contributed by atoms with Crippen molar-refractivity contribution in [3.8, 4) is 11.3 Å². The van der Waals surface area contributed by atoms with Crippen LogP contribution in [0.2, 0.25) is 0 Å². The molecule has 0 aliphatic rings. The van der Waals surface area contributed by atoms with Gasteiger partial charge in [0.25, 0.3) is 5.91 Å². The average molecular weight is 329 g/mol. The SMILES string of the molecule is Cc1nc2cnc(-c3ccncc3)cn2c1NC(=O)c1ccccc1. The summed E-state index contributed by atoms with van der Waals surface area (Å²) >= 11 is 0. The smallest absolute Gasteiger partial charge is 0.256 e.